The molecule has 1 aromatic carbocycles. The molecule has 0 aliphatic carbocycles. The molecular weight excluding hydrogens is 234 g/mol. The Morgan fingerprint density at radius 3 is 2.63 bits per heavy atom. The van der Waals surface area contributed by atoms with Gasteiger partial charge in [0.25, 0.3) is 0 Å². The van der Waals surface area contributed by atoms with Gasteiger partial charge in [0.15, 0.2) is 0 Å². The Hall–Kier alpha value is -1.77. The van der Waals surface area contributed by atoms with Gasteiger partial charge >= 0.3 is 0 Å². The van der Waals surface area contributed by atoms with Gasteiger partial charge < -0.3 is 10.3 Å². The highest BCUT2D eigenvalue weighted by atomic mass is 15.2. The predicted molar refractivity (Wildman–Crippen MR) is 81.2 cm³/mol. The molecule has 2 rings (SSSR count). The number of hydrogen-bond acceptors (Lipinski definition) is 2. The van der Waals surface area contributed by atoms with Crippen molar-refractivity contribution in [2.75, 3.05) is 5.73 Å². The van der Waals surface area contributed by atoms with Crippen molar-refractivity contribution in [2.24, 2.45) is 0 Å². The molecule has 0 fully saturated rings. The third-order valence-electron chi connectivity index (χ3n) is 3.30. The lowest BCUT2D eigenvalue weighted by atomic mass is 10.1. The van der Waals surface area contributed by atoms with Gasteiger partial charge in [-0.3, -0.25) is 0 Å². The van der Waals surface area contributed by atoms with Gasteiger partial charge in [-0.2, -0.15) is 0 Å². The highest BCUT2D eigenvalue weighted by Crippen LogP contribution is 2.29. The minimum Gasteiger partial charge on any atom is -0.383 e. The highest BCUT2D eigenvalue weighted by Gasteiger charge is 2.17. The average molecular weight is 257 g/mol. The van der Waals surface area contributed by atoms with Crippen LogP contribution in [0.25, 0.3) is 11.3 Å². The van der Waals surface area contributed by atoms with Crippen LogP contribution in [0, 0.1) is 6.92 Å². The number of nitrogens with zero attached hydrogens (tertiary/aromatic N) is 2. The van der Waals surface area contributed by atoms with Crippen LogP contribution in [-0.2, 0) is 6.42 Å². The van der Waals surface area contributed by atoms with Crippen molar-refractivity contribution in [1.82, 2.24) is 9.55 Å². The Balaban J connectivity index is 2.55. The van der Waals surface area contributed by atoms with Crippen LogP contribution in [0.5, 0.6) is 0 Å². The number of nitrogens with two attached hydrogens (primary N) is 1. The Kier molecular flexibility index (Phi) is 3.93. The molecule has 0 aliphatic heterocycles. The highest BCUT2D eigenvalue weighted by molar-refractivity contribution is 5.71. The molecule has 2 N–H and O–H groups in total. The van der Waals surface area contributed by atoms with E-state index in [9.17, 15) is 0 Å². The van der Waals surface area contributed by atoms with Crippen molar-refractivity contribution in [3.05, 3.63) is 35.7 Å². The van der Waals surface area contributed by atoms with E-state index in [1.807, 2.05) is 0 Å². The molecule has 0 radical (unpaired) electrons. The summed E-state index contributed by atoms with van der Waals surface area (Å²) in [5.74, 6) is 1.87. The minimum absolute atomic E-state index is 0.340. The van der Waals surface area contributed by atoms with Crippen molar-refractivity contribution in [2.45, 2.75) is 46.6 Å². The van der Waals surface area contributed by atoms with Crippen molar-refractivity contribution in [1.29, 1.82) is 0 Å². The van der Waals surface area contributed by atoms with E-state index in [2.05, 4.69) is 56.5 Å². The Morgan fingerprint density at radius 2 is 2.05 bits per heavy atom. The van der Waals surface area contributed by atoms with E-state index in [0.29, 0.717) is 6.04 Å². The van der Waals surface area contributed by atoms with Gasteiger partial charge in [-0.1, -0.05) is 30.7 Å². The number of hydrogen-bond donors (Lipinski definition) is 1. The maximum absolute atomic E-state index is 6.32. The van der Waals surface area contributed by atoms with Crippen molar-refractivity contribution in [3.63, 3.8) is 0 Å². The third kappa shape index (κ3) is 2.65. The van der Waals surface area contributed by atoms with Crippen LogP contribution in [0.15, 0.2) is 24.3 Å². The molecule has 0 bridgehead atoms. The maximum Gasteiger partial charge on any atom is 0.131 e. The van der Waals surface area contributed by atoms with Crippen LogP contribution >= 0.6 is 0 Å². The van der Waals surface area contributed by atoms with E-state index >= 15 is 0 Å². The summed E-state index contributed by atoms with van der Waals surface area (Å²) in [6.45, 7) is 8.56. The molecule has 3 heteroatoms. The summed E-state index contributed by atoms with van der Waals surface area (Å²) >= 11 is 0. The van der Waals surface area contributed by atoms with Gasteiger partial charge in [-0.05, 0) is 33.3 Å². The number of anilines is 1. The second kappa shape index (κ2) is 5.47. The Morgan fingerprint density at radius 1 is 1.32 bits per heavy atom. The standard InChI is InChI=1S/C16H23N3/c1-5-7-14-18-15(16(17)19(14)11(2)3)13-9-6-8-12(4)10-13/h6,8-11H,5,7,17H2,1-4H3. The second-order valence-corrected chi connectivity index (χ2v) is 5.35. The van der Waals surface area contributed by atoms with E-state index in [4.69, 9.17) is 10.7 Å². The van der Waals surface area contributed by atoms with Crippen LogP contribution in [0.1, 0.15) is 44.6 Å². The van der Waals surface area contributed by atoms with Crippen LogP contribution in [-0.4, -0.2) is 9.55 Å². The molecule has 0 spiro atoms. The number of benzene rings is 1. The zero-order valence-electron chi connectivity index (χ0n) is 12.3. The Bertz CT molecular complexity index is 567. The zero-order chi connectivity index (χ0) is 14.0. The van der Waals surface area contributed by atoms with Gasteiger partial charge in [-0.25, -0.2) is 4.98 Å². The number of imidazole rings is 1. The molecule has 0 saturated carbocycles. The molecule has 19 heavy (non-hydrogen) atoms. The lowest BCUT2D eigenvalue weighted by molar-refractivity contribution is 0.571. The summed E-state index contributed by atoms with van der Waals surface area (Å²) in [6.07, 6.45) is 2.05. The first kappa shape index (κ1) is 13.7. The topological polar surface area (TPSA) is 43.8 Å². The quantitative estimate of drug-likeness (QED) is 0.900. The molecule has 3 nitrogen and oxygen atoms in total. The number of aryl methyl sites for hydroxylation is 2. The third-order valence-corrected chi connectivity index (χ3v) is 3.30. The van der Waals surface area contributed by atoms with Crippen LogP contribution in [0.2, 0.25) is 0 Å². The van der Waals surface area contributed by atoms with E-state index in [1.165, 1.54) is 5.56 Å². The molecule has 0 atom stereocenters. The number of rotatable bonds is 4. The zero-order valence-corrected chi connectivity index (χ0v) is 12.3. The number of nitrogen functional groups attached to an aromatic ring is 1. The number of aromatic nitrogens is 2. The van der Waals surface area contributed by atoms with Gasteiger partial charge in [0.05, 0.1) is 0 Å². The normalized spacial score (nSPS) is 11.2. The SMILES string of the molecule is CCCc1nc(-c2cccc(C)c2)c(N)n1C(C)C. The molecule has 102 valence electrons. The molecule has 0 aliphatic rings. The van der Waals surface area contributed by atoms with Crippen molar-refractivity contribution >= 4 is 5.82 Å². The summed E-state index contributed by atoms with van der Waals surface area (Å²) in [7, 11) is 0. The molecule has 1 heterocycles. The lowest BCUT2D eigenvalue weighted by Crippen LogP contribution is -2.09. The first-order chi connectivity index (χ1) is 9.04. The van der Waals surface area contributed by atoms with Crippen molar-refractivity contribution < 1.29 is 0 Å². The molecule has 0 saturated heterocycles. The summed E-state index contributed by atoms with van der Waals surface area (Å²) in [5.41, 5.74) is 9.57. The predicted octanol–water partition coefficient (Wildman–Crippen LogP) is 3.97. The van der Waals surface area contributed by atoms with Gasteiger partial charge in [0.1, 0.15) is 17.3 Å². The lowest BCUT2D eigenvalue weighted by Gasteiger charge is -2.13. The van der Waals surface area contributed by atoms with Crippen LogP contribution < -0.4 is 5.73 Å². The van der Waals surface area contributed by atoms with E-state index in [1.54, 1.807) is 0 Å². The maximum atomic E-state index is 6.32. The van der Waals surface area contributed by atoms with Gasteiger partial charge in [-0.15, -0.1) is 0 Å². The average Bonchev–Trinajstić information content (AvgIpc) is 2.67. The minimum atomic E-state index is 0.340. The summed E-state index contributed by atoms with van der Waals surface area (Å²) in [5, 5.41) is 0. The molecular formula is C16H23N3. The Labute approximate surface area is 115 Å². The first-order valence-electron chi connectivity index (χ1n) is 6.98. The summed E-state index contributed by atoms with van der Waals surface area (Å²) in [4.78, 5) is 4.77. The van der Waals surface area contributed by atoms with Gasteiger partial charge in [0, 0.05) is 18.0 Å². The second-order valence-electron chi connectivity index (χ2n) is 5.35. The summed E-state index contributed by atoms with van der Waals surface area (Å²) < 4.78 is 2.15. The first-order valence-corrected chi connectivity index (χ1v) is 6.98. The molecule has 1 aromatic heterocycles. The van der Waals surface area contributed by atoms with E-state index < -0.39 is 0 Å². The fourth-order valence-corrected chi connectivity index (χ4v) is 2.47. The monoisotopic (exact) mass is 257 g/mol. The van der Waals surface area contributed by atoms with Crippen molar-refractivity contribution in [3.8, 4) is 11.3 Å². The fourth-order valence-electron chi connectivity index (χ4n) is 2.47. The van der Waals surface area contributed by atoms with Crippen LogP contribution in [0.3, 0.4) is 0 Å². The largest absolute Gasteiger partial charge is 0.383 e. The molecule has 0 unspecified atom stereocenters. The van der Waals surface area contributed by atoms with E-state index in [0.717, 1.165) is 35.7 Å². The van der Waals surface area contributed by atoms with Crippen LogP contribution in [0.4, 0.5) is 5.82 Å². The molecule has 0 amide bonds. The molecule has 2 aromatic rings. The van der Waals surface area contributed by atoms with E-state index in [-0.39, 0.29) is 0 Å². The smallest absolute Gasteiger partial charge is 0.131 e. The fraction of sp³-hybridized carbons (Fsp3) is 0.438. The summed E-state index contributed by atoms with van der Waals surface area (Å²) in [6, 6.07) is 8.70. The van der Waals surface area contributed by atoms with Gasteiger partial charge in [0.2, 0.25) is 0 Å².